The molecule has 1 atom stereocenters. The first-order valence-electron chi connectivity index (χ1n) is 7.56. The monoisotopic (exact) mass is 317 g/mol. The molecule has 8 nitrogen and oxygen atoms in total. The first kappa shape index (κ1) is 15.4. The van der Waals surface area contributed by atoms with Crippen LogP contribution in [0.1, 0.15) is 34.8 Å². The topological polar surface area (TPSA) is 102 Å². The van der Waals surface area contributed by atoms with Gasteiger partial charge in [0.2, 0.25) is 5.95 Å². The Balaban J connectivity index is 1.67. The maximum atomic E-state index is 12.3. The van der Waals surface area contributed by atoms with Crippen molar-refractivity contribution in [1.82, 2.24) is 15.1 Å². The fraction of sp³-hybridized carbons (Fsp3) is 0.467. The third kappa shape index (κ3) is 4.04. The molecular formula is C15H19N5O3. The lowest BCUT2D eigenvalue weighted by atomic mass is 10.2. The van der Waals surface area contributed by atoms with Crippen molar-refractivity contribution >= 4 is 17.7 Å². The molecule has 1 aliphatic rings. The van der Waals surface area contributed by atoms with E-state index in [4.69, 9.17) is 9.26 Å². The molecule has 0 aromatic carbocycles. The Hall–Kier alpha value is -2.48. The maximum Gasteiger partial charge on any atom is 0.275 e. The van der Waals surface area contributed by atoms with Gasteiger partial charge in [0.1, 0.15) is 11.5 Å². The number of hydrogen-bond donors (Lipinski definition) is 2. The van der Waals surface area contributed by atoms with Gasteiger partial charge in [0.15, 0.2) is 5.82 Å². The van der Waals surface area contributed by atoms with Gasteiger partial charge in [-0.2, -0.15) is 0 Å². The van der Waals surface area contributed by atoms with E-state index in [-0.39, 0.29) is 17.7 Å². The van der Waals surface area contributed by atoms with Gasteiger partial charge in [0.25, 0.3) is 5.91 Å². The standard InChI is InChI=1S/C15H19N5O3/c1-9-6-12(14(21)19-13-7-10(2)23-20-13)18-15(17-9)16-8-11-4-3-5-22-11/h6-7,11H,3-5,8H2,1-2H3,(H,16,17,18)(H,19,20,21). The number of rotatable bonds is 5. The zero-order chi connectivity index (χ0) is 16.2. The van der Waals surface area contributed by atoms with Gasteiger partial charge >= 0.3 is 0 Å². The summed E-state index contributed by atoms with van der Waals surface area (Å²) in [6.45, 7) is 5.00. The van der Waals surface area contributed by atoms with E-state index in [0.717, 1.165) is 19.4 Å². The Labute approximate surface area is 133 Å². The van der Waals surface area contributed by atoms with E-state index in [0.29, 0.717) is 29.8 Å². The average Bonchev–Trinajstić information content (AvgIpc) is 3.16. The lowest BCUT2D eigenvalue weighted by Crippen LogP contribution is -2.21. The number of anilines is 2. The number of aryl methyl sites for hydroxylation is 2. The lowest BCUT2D eigenvalue weighted by Gasteiger charge is -2.11. The Kier molecular flexibility index (Phi) is 4.52. The van der Waals surface area contributed by atoms with Gasteiger partial charge in [0, 0.05) is 24.9 Å². The van der Waals surface area contributed by atoms with Gasteiger partial charge in [-0.25, -0.2) is 9.97 Å². The molecule has 3 heterocycles. The van der Waals surface area contributed by atoms with Crippen LogP contribution >= 0.6 is 0 Å². The second-order valence-electron chi connectivity index (χ2n) is 5.51. The molecule has 122 valence electrons. The summed E-state index contributed by atoms with van der Waals surface area (Å²) in [4.78, 5) is 20.8. The molecule has 1 fully saturated rings. The van der Waals surface area contributed by atoms with E-state index in [1.165, 1.54) is 0 Å². The molecule has 8 heteroatoms. The predicted molar refractivity (Wildman–Crippen MR) is 83.4 cm³/mol. The van der Waals surface area contributed by atoms with Crippen molar-refractivity contribution in [2.45, 2.75) is 32.8 Å². The molecule has 2 N–H and O–H groups in total. The van der Waals surface area contributed by atoms with Crippen LogP contribution < -0.4 is 10.6 Å². The molecule has 23 heavy (non-hydrogen) atoms. The minimum atomic E-state index is -0.357. The van der Waals surface area contributed by atoms with E-state index < -0.39 is 0 Å². The van der Waals surface area contributed by atoms with Crippen LogP contribution in [0.2, 0.25) is 0 Å². The van der Waals surface area contributed by atoms with Crippen LogP contribution in [0.15, 0.2) is 16.7 Å². The van der Waals surface area contributed by atoms with Crippen LogP contribution in [0.25, 0.3) is 0 Å². The van der Waals surface area contributed by atoms with Crippen LogP contribution in [0.5, 0.6) is 0 Å². The summed E-state index contributed by atoms with van der Waals surface area (Å²) in [6.07, 6.45) is 2.28. The predicted octanol–water partition coefficient (Wildman–Crippen LogP) is 1.92. The minimum absolute atomic E-state index is 0.175. The highest BCUT2D eigenvalue weighted by atomic mass is 16.5. The van der Waals surface area contributed by atoms with Crippen LogP contribution in [0, 0.1) is 13.8 Å². The van der Waals surface area contributed by atoms with Gasteiger partial charge in [0.05, 0.1) is 6.10 Å². The van der Waals surface area contributed by atoms with E-state index in [1.54, 1.807) is 19.1 Å². The summed E-state index contributed by atoms with van der Waals surface area (Å²) in [6, 6.07) is 3.27. The fourth-order valence-electron chi connectivity index (χ4n) is 2.38. The Morgan fingerprint density at radius 3 is 2.91 bits per heavy atom. The van der Waals surface area contributed by atoms with Crippen molar-refractivity contribution in [1.29, 1.82) is 0 Å². The van der Waals surface area contributed by atoms with Crippen molar-refractivity contribution in [2.75, 3.05) is 23.8 Å². The van der Waals surface area contributed by atoms with Gasteiger partial charge in [-0.1, -0.05) is 5.16 Å². The van der Waals surface area contributed by atoms with Crippen LogP contribution in [-0.4, -0.2) is 40.3 Å². The van der Waals surface area contributed by atoms with Crippen LogP contribution in [0.4, 0.5) is 11.8 Å². The number of hydrogen-bond acceptors (Lipinski definition) is 7. The summed E-state index contributed by atoms with van der Waals surface area (Å²) in [7, 11) is 0. The van der Waals surface area contributed by atoms with Crippen LogP contribution in [-0.2, 0) is 4.74 Å². The molecule has 0 radical (unpaired) electrons. The first-order valence-corrected chi connectivity index (χ1v) is 7.56. The van der Waals surface area contributed by atoms with E-state index in [9.17, 15) is 4.79 Å². The third-order valence-corrected chi connectivity index (χ3v) is 3.47. The van der Waals surface area contributed by atoms with E-state index in [2.05, 4.69) is 25.8 Å². The van der Waals surface area contributed by atoms with Crippen molar-refractivity contribution < 1.29 is 14.1 Å². The van der Waals surface area contributed by atoms with Crippen molar-refractivity contribution in [2.24, 2.45) is 0 Å². The number of amides is 1. The van der Waals surface area contributed by atoms with Crippen molar-refractivity contribution in [3.8, 4) is 0 Å². The maximum absolute atomic E-state index is 12.3. The highest BCUT2D eigenvalue weighted by Gasteiger charge is 2.17. The molecular weight excluding hydrogens is 298 g/mol. The minimum Gasteiger partial charge on any atom is -0.376 e. The largest absolute Gasteiger partial charge is 0.376 e. The molecule has 3 rings (SSSR count). The summed E-state index contributed by atoms with van der Waals surface area (Å²) >= 11 is 0. The molecule has 1 unspecified atom stereocenters. The zero-order valence-electron chi connectivity index (χ0n) is 13.1. The van der Waals surface area contributed by atoms with E-state index >= 15 is 0 Å². The van der Waals surface area contributed by atoms with Crippen molar-refractivity contribution in [3.63, 3.8) is 0 Å². The number of carbonyl (C=O) groups excluding carboxylic acids is 1. The summed E-state index contributed by atoms with van der Waals surface area (Å²) in [5, 5.41) is 9.51. The highest BCUT2D eigenvalue weighted by Crippen LogP contribution is 2.14. The molecule has 1 aliphatic heterocycles. The summed E-state index contributed by atoms with van der Waals surface area (Å²) in [5.41, 5.74) is 0.976. The second-order valence-corrected chi connectivity index (χ2v) is 5.51. The normalized spacial score (nSPS) is 17.2. The molecule has 0 spiro atoms. The summed E-state index contributed by atoms with van der Waals surface area (Å²) in [5.74, 6) is 1.04. The van der Waals surface area contributed by atoms with Gasteiger partial charge in [-0.15, -0.1) is 0 Å². The fourth-order valence-corrected chi connectivity index (χ4v) is 2.38. The average molecular weight is 317 g/mol. The molecule has 0 aliphatic carbocycles. The third-order valence-electron chi connectivity index (χ3n) is 3.47. The zero-order valence-corrected chi connectivity index (χ0v) is 13.1. The Morgan fingerprint density at radius 1 is 1.35 bits per heavy atom. The van der Waals surface area contributed by atoms with E-state index in [1.807, 2.05) is 6.92 Å². The second kappa shape index (κ2) is 6.74. The van der Waals surface area contributed by atoms with Gasteiger partial charge < -0.3 is 19.9 Å². The number of ether oxygens (including phenoxy) is 1. The Bertz CT molecular complexity index is 694. The van der Waals surface area contributed by atoms with Gasteiger partial charge in [-0.05, 0) is 32.8 Å². The number of nitrogens with one attached hydrogen (secondary N) is 2. The first-order chi connectivity index (χ1) is 11.1. The van der Waals surface area contributed by atoms with Crippen molar-refractivity contribution in [3.05, 3.63) is 29.3 Å². The lowest BCUT2D eigenvalue weighted by molar-refractivity contribution is 0.102. The highest BCUT2D eigenvalue weighted by molar-refractivity contribution is 6.02. The molecule has 1 amide bonds. The quantitative estimate of drug-likeness (QED) is 0.868. The number of carbonyl (C=O) groups is 1. The number of aromatic nitrogens is 3. The molecule has 0 bridgehead atoms. The SMILES string of the molecule is Cc1cc(C(=O)Nc2cc(C)on2)nc(NCC2CCCO2)n1. The van der Waals surface area contributed by atoms with Gasteiger partial charge in [-0.3, -0.25) is 4.79 Å². The molecule has 0 saturated carbocycles. The molecule has 2 aromatic heterocycles. The molecule has 1 saturated heterocycles. The molecule has 2 aromatic rings. The number of nitrogens with zero attached hydrogens (tertiary/aromatic N) is 3. The smallest absolute Gasteiger partial charge is 0.275 e. The van der Waals surface area contributed by atoms with Crippen LogP contribution in [0.3, 0.4) is 0 Å². The Morgan fingerprint density at radius 2 is 2.22 bits per heavy atom. The summed E-state index contributed by atoms with van der Waals surface area (Å²) < 4.78 is 10.5.